The lowest BCUT2D eigenvalue weighted by Gasteiger charge is -2.18. The Morgan fingerprint density at radius 3 is 2.79 bits per heavy atom. The topological polar surface area (TPSA) is 58.4 Å². The molecule has 2 aromatic rings. The van der Waals surface area contributed by atoms with Gasteiger partial charge in [0.05, 0.1) is 6.54 Å². The van der Waals surface area contributed by atoms with Crippen molar-refractivity contribution in [1.29, 1.82) is 0 Å². The fourth-order valence-electron chi connectivity index (χ4n) is 1.93. The van der Waals surface area contributed by atoms with Crippen molar-refractivity contribution in [2.75, 3.05) is 7.05 Å². The summed E-state index contributed by atoms with van der Waals surface area (Å²) in [4.78, 5) is 18.1. The van der Waals surface area contributed by atoms with Crippen molar-refractivity contribution in [3.8, 4) is 5.75 Å². The van der Waals surface area contributed by atoms with Crippen LogP contribution >= 0.6 is 0 Å². The van der Waals surface area contributed by atoms with Gasteiger partial charge in [0, 0.05) is 32.1 Å². The van der Waals surface area contributed by atoms with Crippen LogP contribution in [-0.4, -0.2) is 32.5 Å². The molecule has 5 heteroatoms. The molecule has 0 fully saturated rings. The van der Waals surface area contributed by atoms with Crippen molar-refractivity contribution in [1.82, 2.24) is 14.5 Å². The van der Waals surface area contributed by atoms with E-state index in [1.54, 1.807) is 30.3 Å². The van der Waals surface area contributed by atoms with E-state index >= 15 is 0 Å². The number of benzene rings is 1. The van der Waals surface area contributed by atoms with E-state index in [0.717, 1.165) is 11.4 Å². The number of imidazole rings is 1. The van der Waals surface area contributed by atoms with Crippen LogP contribution in [0.1, 0.15) is 21.7 Å². The highest BCUT2D eigenvalue weighted by molar-refractivity contribution is 5.95. The molecule has 0 radical (unpaired) electrons. The minimum atomic E-state index is -0.0829. The van der Waals surface area contributed by atoms with E-state index in [9.17, 15) is 9.90 Å². The first kappa shape index (κ1) is 13.1. The number of phenols is 1. The highest BCUT2D eigenvalue weighted by atomic mass is 16.3. The van der Waals surface area contributed by atoms with Gasteiger partial charge >= 0.3 is 0 Å². The molecule has 0 unspecified atom stereocenters. The first-order chi connectivity index (χ1) is 8.99. The van der Waals surface area contributed by atoms with Gasteiger partial charge in [0.1, 0.15) is 11.6 Å². The van der Waals surface area contributed by atoms with Crippen molar-refractivity contribution >= 4 is 5.91 Å². The minimum Gasteiger partial charge on any atom is -0.508 e. The van der Waals surface area contributed by atoms with E-state index in [2.05, 4.69) is 4.98 Å². The Morgan fingerprint density at radius 1 is 1.47 bits per heavy atom. The molecule has 0 saturated heterocycles. The van der Waals surface area contributed by atoms with E-state index in [4.69, 9.17) is 0 Å². The van der Waals surface area contributed by atoms with Gasteiger partial charge in [-0.15, -0.1) is 0 Å². The molecule has 0 aliphatic heterocycles. The summed E-state index contributed by atoms with van der Waals surface area (Å²) in [5, 5.41) is 9.36. The predicted octanol–water partition coefficient (Wildman–Crippen LogP) is 1.71. The zero-order valence-corrected chi connectivity index (χ0v) is 11.3. The standard InChI is InChI=1S/C14H17N3O2/c1-10-8-11(18)4-5-12(10)14(19)17(3)9-13-15-6-7-16(13)2/h4-8,18H,9H2,1-3H3. The van der Waals surface area contributed by atoms with Gasteiger partial charge in [-0.1, -0.05) is 0 Å². The smallest absolute Gasteiger partial charge is 0.254 e. The number of aromatic hydroxyl groups is 1. The Balaban J connectivity index is 2.17. The SMILES string of the molecule is Cc1cc(O)ccc1C(=O)N(C)Cc1nccn1C. The molecule has 100 valence electrons. The summed E-state index contributed by atoms with van der Waals surface area (Å²) in [6, 6.07) is 4.75. The number of carbonyl (C=O) groups excluding carboxylic acids is 1. The third-order valence-corrected chi connectivity index (χ3v) is 3.09. The van der Waals surface area contributed by atoms with E-state index in [1.165, 1.54) is 6.07 Å². The first-order valence-corrected chi connectivity index (χ1v) is 6.00. The fourth-order valence-corrected chi connectivity index (χ4v) is 1.93. The number of phenolic OH excluding ortho intramolecular Hbond substituents is 1. The summed E-state index contributed by atoms with van der Waals surface area (Å²) in [6.07, 6.45) is 3.55. The molecule has 0 atom stereocenters. The molecule has 1 amide bonds. The second-order valence-corrected chi connectivity index (χ2v) is 4.61. The van der Waals surface area contributed by atoms with E-state index in [-0.39, 0.29) is 11.7 Å². The van der Waals surface area contributed by atoms with Gasteiger partial charge in [-0.3, -0.25) is 4.79 Å². The second-order valence-electron chi connectivity index (χ2n) is 4.61. The number of hydrogen-bond donors (Lipinski definition) is 1. The highest BCUT2D eigenvalue weighted by Crippen LogP contribution is 2.17. The first-order valence-electron chi connectivity index (χ1n) is 6.00. The van der Waals surface area contributed by atoms with Crippen LogP contribution in [0.5, 0.6) is 5.75 Å². The molecule has 5 nitrogen and oxygen atoms in total. The summed E-state index contributed by atoms with van der Waals surface area (Å²) < 4.78 is 1.88. The number of rotatable bonds is 3. The lowest BCUT2D eigenvalue weighted by molar-refractivity contribution is 0.0780. The summed E-state index contributed by atoms with van der Waals surface area (Å²) in [7, 11) is 3.63. The van der Waals surface area contributed by atoms with Gasteiger partial charge < -0.3 is 14.6 Å². The fraction of sp³-hybridized carbons (Fsp3) is 0.286. The van der Waals surface area contributed by atoms with Crippen LogP contribution in [0.2, 0.25) is 0 Å². The van der Waals surface area contributed by atoms with Crippen LogP contribution in [0.25, 0.3) is 0 Å². The summed E-state index contributed by atoms with van der Waals surface area (Å²) in [6.45, 7) is 2.25. The molecule has 0 saturated carbocycles. The summed E-state index contributed by atoms with van der Waals surface area (Å²) in [5.74, 6) is 0.911. The number of nitrogens with zero attached hydrogens (tertiary/aromatic N) is 3. The lowest BCUT2D eigenvalue weighted by atomic mass is 10.1. The zero-order chi connectivity index (χ0) is 14.0. The average Bonchev–Trinajstić information content (AvgIpc) is 2.74. The van der Waals surface area contributed by atoms with Crippen LogP contribution in [0.15, 0.2) is 30.6 Å². The Labute approximate surface area is 112 Å². The van der Waals surface area contributed by atoms with E-state index in [0.29, 0.717) is 12.1 Å². The van der Waals surface area contributed by atoms with Gasteiger partial charge in [0.2, 0.25) is 0 Å². The third kappa shape index (κ3) is 2.76. The number of aryl methyl sites for hydroxylation is 2. The van der Waals surface area contributed by atoms with Crippen molar-refractivity contribution in [2.24, 2.45) is 7.05 Å². The number of amides is 1. The van der Waals surface area contributed by atoms with Crippen molar-refractivity contribution < 1.29 is 9.90 Å². The number of hydrogen-bond acceptors (Lipinski definition) is 3. The molecular formula is C14H17N3O2. The van der Waals surface area contributed by atoms with Gasteiger partial charge in [0.25, 0.3) is 5.91 Å². The predicted molar refractivity (Wildman–Crippen MR) is 71.8 cm³/mol. The van der Waals surface area contributed by atoms with Crippen LogP contribution in [-0.2, 0) is 13.6 Å². The Hall–Kier alpha value is -2.30. The molecule has 1 heterocycles. The Morgan fingerprint density at radius 2 is 2.21 bits per heavy atom. The molecule has 2 rings (SSSR count). The molecule has 0 aliphatic carbocycles. The normalized spacial score (nSPS) is 10.5. The molecular weight excluding hydrogens is 242 g/mol. The Bertz CT molecular complexity index is 604. The zero-order valence-electron chi connectivity index (χ0n) is 11.3. The molecule has 19 heavy (non-hydrogen) atoms. The third-order valence-electron chi connectivity index (χ3n) is 3.09. The van der Waals surface area contributed by atoms with Crippen molar-refractivity contribution in [3.63, 3.8) is 0 Å². The number of aromatic nitrogens is 2. The monoisotopic (exact) mass is 259 g/mol. The second kappa shape index (κ2) is 5.14. The molecule has 0 bridgehead atoms. The molecule has 1 aromatic carbocycles. The maximum atomic E-state index is 12.3. The lowest BCUT2D eigenvalue weighted by Crippen LogP contribution is -2.28. The van der Waals surface area contributed by atoms with E-state index < -0.39 is 0 Å². The molecule has 0 spiro atoms. The highest BCUT2D eigenvalue weighted by Gasteiger charge is 2.16. The van der Waals surface area contributed by atoms with E-state index in [1.807, 2.05) is 24.7 Å². The molecule has 1 N–H and O–H groups in total. The van der Waals surface area contributed by atoms with Crippen LogP contribution in [0.3, 0.4) is 0 Å². The largest absolute Gasteiger partial charge is 0.508 e. The van der Waals surface area contributed by atoms with Crippen LogP contribution < -0.4 is 0 Å². The van der Waals surface area contributed by atoms with Crippen LogP contribution in [0, 0.1) is 6.92 Å². The van der Waals surface area contributed by atoms with Crippen LogP contribution in [0.4, 0.5) is 0 Å². The molecule has 0 aliphatic rings. The number of carbonyl (C=O) groups is 1. The van der Waals surface area contributed by atoms with Crippen molar-refractivity contribution in [2.45, 2.75) is 13.5 Å². The van der Waals surface area contributed by atoms with Gasteiger partial charge in [-0.25, -0.2) is 4.98 Å². The quantitative estimate of drug-likeness (QED) is 0.912. The van der Waals surface area contributed by atoms with Gasteiger partial charge in [0.15, 0.2) is 0 Å². The molecule has 1 aromatic heterocycles. The summed E-state index contributed by atoms with van der Waals surface area (Å²) in [5.41, 5.74) is 1.35. The minimum absolute atomic E-state index is 0.0829. The maximum Gasteiger partial charge on any atom is 0.254 e. The maximum absolute atomic E-state index is 12.3. The summed E-state index contributed by atoms with van der Waals surface area (Å²) >= 11 is 0. The van der Waals surface area contributed by atoms with Crippen molar-refractivity contribution in [3.05, 3.63) is 47.5 Å². The Kier molecular flexibility index (Phi) is 3.55. The van der Waals surface area contributed by atoms with Gasteiger partial charge in [-0.2, -0.15) is 0 Å². The average molecular weight is 259 g/mol. The van der Waals surface area contributed by atoms with Gasteiger partial charge in [-0.05, 0) is 30.7 Å².